The highest BCUT2D eigenvalue weighted by atomic mass is 35.5. The number of rotatable bonds is 9. The first-order chi connectivity index (χ1) is 15.4. The average molecular weight is 462 g/mol. The second-order valence-electron chi connectivity index (χ2n) is 8.07. The number of hydrogen-bond donors (Lipinski definition) is 1. The van der Waals surface area contributed by atoms with Gasteiger partial charge in [0.1, 0.15) is 0 Å². The highest BCUT2D eigenvalue weighted by Crippen LogP contribution is 2.21. The van der Waals surface area contributed by atoms with Crippen molar-refractivity contribution < 1.29 is 14.3 Å². The lowest BCUT2D eigenvalue weighted by molar-refractivity contribution is -0.132. The van der Waals surface area contributed by atoms with Crippen LogP contribution in [0.5, 0.6) is 0 Å². The third-order valence-electron chi connectivity index (χ3n) is 5.78. The van der Waals surface area contributed by atoms with Crippen LogP contribution >= 0.6 is 11.6 Å². The highest BCUT2D eigenvalue weighted by molar-refractivity contribution is 6.30. The zero-order valence-corrected chi connectivity index (χ0v) is 19.8. The minimum absolute atomic E-state index is 0.0155. The number of ether oxygens (including phenoxy) is 1. The molecule has 174 valence electrons. The first-order valence-corrected chi connectivity index (χ1v) is 11.3. The van der Waals surface area contributed by atoms with E-state index in [9.17, 15) is 9.59 Å². The second kappa shape index (κ2) is 11.4. The standard InChI is InChI=1S/C23H32ClN5O3/c1-17-21(18(2)29(26-17)20-7-5-19(24)6-8-20)15-23(31)28-12-10-27(11-13-28)16-22(30)25-9-4-14-32-3/h5-8H,4,9-16H2,1-3H3,(H,25,30). The van der Waals surface area contributed by atoms with Crippen LogP contribution in [0, 0.1) is 13.8 Å². The Balaban J connectivity index is 1.51. The van der Waals surface area contributed by atoms with Gasteiger partial charge in [0.05, 0.1) is 24.3 Å². The number of carbonyl (C=O) groups excluding carboxylic acids is 2. The van der Waals surface area contributed by atoms with Crippen molar-refractivity contribution >= 4 is 23.4 Å². The van der Waals surface area contributed by atoms with Gasteiger partial charge in [0, 0.05) is 62.7 Å². The Morgan fingerprint density at radius 1 is 1.12 bits per heavy atom. The Kier molecular flexibility index (Phi) is 8.67. The third-order valence-corrected chi connectivity index (χ3v) is 6.03. The number of aromatic nitrogens is 2. The fourth-order valence-electron chi connectivity index (χ4n) is 3.89. The molecule has 1 aromatic heterocycles. The molecule has 0 atom stereocenters. The fraction of sp³-hybridized carbons (Fsp3) is 0.522. The molecule has 1 fully saturated rings. The van der Waals surface area contributed by atoms with Gasteiger partial charge >= 0.3 is 0 Å². The number of halogens is 1. The molecule has 2 amide bonds. The molecule has 1 aliphatic heterocycles. The molecular weight excluding hydrogens is 430 g/mol. The van der Waals surface area contributed by atoms with Crippen molar-refractivity contribution in [2.24, 2.45) is 0 Å². The van der Waals surface area contributed by atoms with Crippen LogP contribution in [-0.2, 0) is 20.7 Å². The van der Waals surface area contributed by atoms with E-state index in [0.717, 1.165) is 29.1 Å². The maximum absolute atomic E-state index is 13.0. The van der Waals surface area contributed by atoms with Crippen molar-refractivity contribution in [3.63, 3.8) is 0 Å². The van der Waals surface area contributed by atoms with Crippen molar-refractivity contribution in [3.8, 4) is 5.69 Å². The maximum Gasteiger partial charge on any atom is 0.234 e. The molecule has 9 heteroatoms. The van der Waals surface area contributed by atoms with Crippen LogP contribution in [0.4, 0.5) is 0 Å². The van der Waals surface area contributed by atoms with E-state index in [1.807, 2.05) is 47.7 Å². The summed E-state index contributed by atoms with van der Waals surface area (Å²) >= 11 is 5.99. The SMILES string of the molecule is COCCCNC(=O)CN1CCN(C(=O)Cc2c(C)nn(-c3ccc(Cl)cc3)c2C)CC1. The van der Waals surface area contributed by atoms with E-state index in [-0.39, 0.29) is 11.8 Å². The minimum Gasteiger partial charge on any atom is -0.385 e. The topological polar surface area (TPSA) is 79.7 Å². The fourth-order valence-corrected chi connectivity index (χ4v) is 4.01. The monoisotopic (exact) mass is 461 g/mol. The normalized spacial score (nSPS) is 14.6. The van der Waals surface area contributed by atoms with E-state index in [1.165, 1.54) is 0 Å². The lowest BCUT2D eigenvalue weighted by Crippen LogP contribution is -2.51. The van der Waals surface area contributed by atoms with Crippen LogP contribution < -0.4 is 5.32 Å². The zero-order chi connectivity index (χ0) is 23.1. The molecule has 2 aromatic rings. The van der Waals surface area contributed by atoms with Gasteiger partial charge in [0.25, 0.3) is 0 Å². The quantitative estimate of drug-likeness (QED) is 0.578. The van der Waals surface area contributed by atoms with Gasteiger partial charge in [-0.25, -0.2) is 4.68 Å². The molecule has 0 saturated carbocycles. The number of carbonyl (C=O) groups is 2. The number of piperazine rings is 1. The van der Waals surface area contributed by atoms with Crippen LogP contribution in [0.15, 0.2) is 24.3 Å². The van der Waals surface area contributed by atoms with Gasteiger partial charge in [-0.2, -0.15) is 5.10 Å². The van der Waals surface area contributed by atoms with E-state index >= 15 is 0 Å². The van der Waals surface area contributed by atoms with Crippen LogP contribution in [0.25, 0.3) is 5.69 Å². The summed E-state index contributed by atoms with van der Waals surface area (Å²) in [7, 11) is 1.65. The van der Waals surface area contributed by atoms with Crippen molar-refractivity contribution in [2.45, 2.75) is 26.7 Å². The first-order valence-electron chi connectivity index (χ1n) is 11.0. The Bertz CT molecular complexity index is 920. The average Bonchev–Trinajstić information content (AvgIpc) is 3.06. The molecule has 1 aliphatic rings. The lowest BCUT2D eigenvalue weighted by Gasteiger charge is -2.34. The molecule has 2 heterocycles. The summed E-state index contributed by atoms with van der Waals surface area (Å²) in [4.78, 5) is 29.0. The van der Waals surface area contributed by atoms with E-state index < -0.39 is 0 Å². The molecule has 0 bridgehead atoms. The van der Waals surface area contributed by atoms with Gasteiger partial charge in [-0.3, -0.25) is 14.5 Å². The van der Waals surface area contributed by atoms with Crippen molar-refractivity contribution in [1.29, 1.82) is 0 Å². The molecule has 1 saturated heterocycles. The first kappa shape index (κ1) is 24.2. The minimum atomic E-state index is 0.0155. The van der Waals surface area contributed by atoms with Gasteiger partial charge in [0.2, 0.25) is 11.8 Å². The summed E-state index contributed by atoms with van der Waals surface area (Å²) < 4.78 is 6.84. The summed E-state index contributed by atoms with van der Waals surface area (Å²) in [6.45, 7) is 8.18. The predicted molar refractivity (Wildman–Crippen MR) is 124 cm³/mol. The molecule has 1 aromatic carbocycles. The van der Waals surface area contributed by atoms with Crippen molar-refractivity contribution in [1.82, 2.24) is 24.9 Å². The molecule has 0 spiro atoms. The van der Waals surface area contributed by atoms with Gasteiger partial charge in [-0.1, -0.05) is 11.6 Å². The molecule has 8 nitrogen and oxygen atoms in total. The second-order valence-corrected chi connectivity index (χ2v) is 8.50. The summed E-state index contributed by atoms with van der Waals surface area (Å²) in [5, 5.41) is 8.21. The van der Waals surface area contributed by atoms with Crippen molar-refractivity contribution in [2.75, 3.05) is 53.0 Å². The molecule has 3 rings (SSSR count). The number of aryl methyl sites for hydroxylation is 1. The Labute approximate surface area is 194 Å². The smallest absolute Gasteiger partial charge is 0.234 e. The molecule has 0 unspecified atom stereocenters. The molecule has 32 heavy (non-hydrogen) atoms. The van der Waals surface area contributed by atoms with Crippen molar-refractivity contribution in [3.05, 3.63) is 46.2 Å². The largest absolute Gasteiger partial charge is 0.385 e. The summed E-state index contributed by atoms with van der Waals surface area (Å²) in [6, 6.07) is 7.50. The van der Waals surface area contributed by atoms with Crippen LogP contribution in [0.3, 0.4) is 0 Å². The van der Waals surface area contributed by atoms with Gasteiger partial charge < -0.3 is 15.0 Å². The number of nitrogens with zero attached hydrogens (tertiary/aromatic N) is 4. The summed E-state index contributed by atoms with van der Waals surface area (Å²) in [5.74, 6) is 0.109. The van der Waals surface area contributed by atoms with Crippen LogP contribution in [0.1, 0.15) is 23.4 Å². The number of methoxy groups -OCH3 is 1. The van der Waals surface area contributed by atoms with Gasteiger partial charge in [0.15, 0.2) is 0 Å². The Morgan fingerprint density at radius 3 is 2.47 bits per heavy atom. The highest BCUT2D eigenvalue weighted by Gasteiger charge is 2.24. The predicted octanol–water partition coefficient (Wildman–Crippen LogP) is 1.98. The van der Waals surface area contributed by atoms with E-state index in [0.29, 0.717) is 57.3 Å². The van der Waals surface area contributed by atoms with E-state index in [2.05, 4.69) is 15.3 Å². The number of hydrogen-bond acceptors (Lipinski definition) is 5. The zero-order valence-electron chi connectivity index (χ0n) is 19.1. The number of benzene rings is 1. The maximum atomic E-state index is 13.0. The molecule has 0 aliphatic carbocycles. The lowest BCUT2D eigenvalue weighted by atomic mass is 10.1. The summed E-state index contributed by atoms with van der Waals surface area (Å²) in [5.41, 5.74) is 3.70. The van der Waals surface area contributed by atoms with Crippen LogP contribution in [0.2, 0.25) is 5.02 Å². The Hall–Kier alpha value is -2.42. The molecule has 0 radical (unpaired) electrons. The summed E-state index contributed by atoms with van der Waals surface area (Å²) in [6.07, 6.45) is 1.13. The third kappa shape index (κ3) is 6.31. The van der Waals surface area contributed by atoms with Crippen LogP contribution in [-0.4, -0.2) is 84.4 Å². The van der Waals surface area contributed by atoms with E-state index in [4.69, 9.17) is 16.3 Å². The molecular formula is C23H32ClN5O3. The van der Waals surface area contributed by atoms with E-state index in [1.54, 1.807) is 7.11 Å². The number of nitrogens with one attached hydrogen (secondary N) is 1. The Morgan fingerprint density at radius 2 is 1.81 bits per heavy atom. The van der Waals surface area contributed by atoms with Gasteiger partial charge in [-0.05, 0) is 44.5 Å². The number of amides is 2. The molecule has 1 N–H and O–H groups in total. The van der Waals surface area contributed by atoms with Gasteiger partial charge in [-0.15, -0.1) is 0 Å².